The summed E-state index contributed by atoms with van der Waals surface area (Å²) in [5.74, 6) is 0. The zero-order valence-corrected chi connectivity index (χ0v) is 10.9. The van der Waals surface area contributed by atoms with Crippen molar-refractivity contribution < 1.29 is 0 Å². The summed E-state index contributed by atoms with van der Waals surface area (Å²) >= 11 is 7.76. The fourth-order valence-corrected chi connectivity index (χ4v) is 2.48. The summed E-state index contributed by atoms with van der Waals surface area (Å²) < 4.78 is 0. The average Bonchev–Trinajstić information content (AvgIpc) is 2.34. The van der Waals surface area contributed by atoms with Crippen molar-refractivity contribution in [2.45, 2.75) is 16.5 Å². The smallest absolute Gasteiger partial charge is 0.116 e. The first kappa shape index (κ1) is 12.4. The predicted molar refractivity (Wildman–Crippen MR) is 70.4 cm³/mol. The van der Waals surface area contributed by atoms with Crippen LogP contribution in [0.25, 0.3) is 0 Å². The maximum Gasteiger partial charge on any atom is 0.116 e. The molecule has 0 saturated heterocycles. The summed E-state index contributed by atoms with van der Waals surface area (Å²) in [6, 6.07) is 7.91. The van der Waals surface area contributed by atoms with E-state index in [1.54, 1.807) is 24.3 Å². The molecule has 0 atom stereocenters. The van der Waals surface area contributed by atoms with Gasteiger partial charge >= 0.3 is 0 Å². The number of rotatable bonds is 4. The maximum absolute atomic E-state index is 6.19. The second-order valence-electron chi connectivity index (χ2n) is 3.43. The van der Waals surface area contributed by atoms with Gasteiger partial charge in [0.15, 0.2) is 0 Å². The maximum atomic E-state index is 6.19. The van der Waals surface area contributed by atoms with E-state index in [9.17, 15) is 0 Å². The number of hydrogen-bond acceptors (Lipinski definition) is 4. The molecule has 5 heteroatoms. The van der Waals surface area contributed by atoms with Crippen LogP contribution in [0.1, 0.15) is 5.56 Å². The van der Waals surface area contributed by atoms with Crippen molar-refractivity contribution in [3.63, 3.8) is 0 Å². The second-order valence-corrected chi connectivity index (χ2v) is 4.93. The van der Waals surface area contributed by atoms with Crippen LogP contribution in [-0.2, 0) is 6.54 Å². The summed E-state index contributed by atoms with van der Waals surface area (Å²) in [6.45, 7) is 0.775. The highest BCUT2D eigenvalue weighted by Crippen LogP contribution is 2.29. The Morgan fingerprint density at radius 2 is 2.24 bits per heavy atom. The zero-order chi connectivity index (χ0) is 12.1. The molecule has 1 N–H and O–H groups in total. The van der Waals surface area contributed by atoms with Gasteiger partial charge in [-0.25, -0.2) is 9.97 Å². The quantitative estimate of drug-likeness (QED) is 0.863. The van der Waals surface area contributed by atoms with Crippen LogP contribution in [0.2, 0.25) is 5.02 Å². The van der Waals surface area contributed by atoms with Crippen LogP contribution in [0.3, 0.4) is 0 Å². The van der Waals surface area contributed by atoms with Crippen LogP contribution in [0, 0.1) is 0 Å². The molecular weight excluding hydrogens is 254 g/mol. The van der Waals surface area contributed by atoms with Gasteiger partial charge in [0.1, 0.15) is 11.4 Å². The summed E-state index contributed by atoms with van der Waals surface area (Å²) in [7, 11) is 1.90. The van der Waals surface area contributed by atoms with Crippen molar-refractivity contribution >= 4 is 23.4 Å². The monoisotopic (exact) mass is 265 g/mol. The zero-order valence-electron chi connectivity index (χ0n) is 9.35. The Hall–Kier alpha value is -1.10. The molecule has 0 amide bonds. The van der Waals surface area contributed by atoms with Gasteiger partial charge in [0, 0.05) is 22.7 Å². The van der Waals surface area contributed by atoms with E-state index in [0.29, 0.717) is 0 Å². The fourth-order valence-electron chi connectivity index (χ4n) is 1.39. The molecule has 88 valence electrons. The lowest BCUT2D eigenvalue weighted by Crippen LogP contribution is -2.05. The normalized spacial score (nSPS) is 10.5. The van der Waals surface area contributed by atoms with E-state index >= 15 is 0 Å². The van der Waals surface area contributed by atoms with Crippen LogP contribution in [0.15, 0.2) is 46.7 Å². The van der Waals surface area contributed by atoms with E-state index in [1.165, 1.54) is 0 Å². The van der Waals surface area contributed by atoms with Crippen LogP contribution < -0.4 is 5.32 Å². The average molecular weight is 266 g/mol. The highest BCUT2D eigenvalue weighted by Gasteiger charge is 2.03. The molecule has 0 bridgehead atoms. The molecule has 0 fully saturated rings. The summed E-state index contributed by atoms with van der Waals surface area (Å²) in [5, 5.41) is 4.77. The van der Waals surface area contributed by atoms with Crippen molar-refractivity contribution in [3.8, 4) is 0 Å². The van der Waals surface area contributed by atoms with Crippen molar-refractivity contribution in [2.75, 3.05) is 7.05 Å². The molecule has 1 aromatic heterocycles. The third kappa shape index (κ3) is 3.43. The molecule has 17 heavy (non-hydrogen) atoms. The third-order valence-corrected chi connectivity index (χ3v) is 3.46. The lowest BCUT2D eigenvalue weighted by atomic mass is 10.2. The van der Waals surface area contributed by atoms with Gasteiger partial charge in [0.25, 0.3) is 0 Å². The largest absolute Gasteiger partial charge is 0.316 e. The first-order valence-corrected chi connectivity index (χ1v) is 6.36. The molecule has 0 aliphatic rings. The molecule has 0 unspecified atom stereocenters. The SMILES string of the molecule is CNCc1ccc(Sc2ccncn2)cc1Cl. The topological polar surface area (TPSA) is 37.8 Å². The van der Waals surface area contributed by atoms with Crippen molar-refractivity contribution in [1.29, 1.82) is 0 Å². The van der Waals surface area contributed by atoms with Crippen LogP contribution in [0.4, 0.5) is 0 Å². The molecule has 1 heterocycles. The Balaban J connectivity index is 2.15. The first-order chi connectivity index (χ1) is 8.29. The van der Waals surface area contributed by atoms with Crippen molar-refractivity contribution in [3.05, 3.63) is 47.4 Å². The first-order valence-electron chi connectivity index (χ1n) is 5.16. The van der Waals surface area contributed by atoms with Gasteiger partial charge in [-0.2, -0.15) is 0 Å². The van der Waals surface area contributed by atoms with Gasteiger partial charge in [-0.15, -0.1) is 0 Å². The van der Waals surface area contributed by atoms with Crippen LogP contribution in [-0.4, -0.2) is 17.0 Å². The minimum Gasteiger partial charge on any atom is -0.316 e. The predicted octanol–water partition coefficient (Wildman–Crippen LogP) is 3.00. The van der Waals surface area contributed by atoms with E-state index in [4.69, 9.17) is 11.6 Å². The van der Waals surface area contributed by atoms with E-state index in [2.05, 4.69) is 15.3 Å². The standard InChI is InChI=1S/C12H12ClN3S/c1-14-7-9-2-3-10(6-11(9)13)17-12-4-5-15-8-16-12/h2-6,8,14H,7H2,1H3. The number of benzene rings is 1. The van der Waals surface area contributed by atoms with E-state index < -0.39 is 0 Å². The Morgan fingerprint density at radius 1 is 1.35 bits per heavy atom. The summed E-state index contributed by atoms with van der Waals surface area (Å²) in [5.41, 5.74) is 1.10. The summed E-state index contributed by atoms with van der Waals surface area (Å²) in [4.78, 5) is 9.12. The number of halogens is 1. The van der Waals surface area contributed by atoms with E-state index in [0.717, 1.165) is 27.1 Å². The second kappa shape index (κ2) is 6.00. The van der Waals surface area contributed by atoms with Gasteiger partial charge in [0.2, 0.25) is 0 Å². The molecule has 0 saturated carbocycles. The lowest BCUT2D eigenvalue weighted by molar-refractivity contribution is 0.817. The molecular formula is C12H12ClN3S. The fraction of sp³-hybridized carbons (Fsp3) is 0.167. The highest BCUT2D eigenvalue weighted by atomic mass is 35.5. The van der Waals surface area contributed by atoms with Gasteiger partial charge in [-0.05, 0) is 30.8 Å². The Labute approximate surface area is 110 Å². The van der Waals surface area contributed by atoms with Crippen LogP contribution >= 0.6 is 23.4 Å². The molecule has 3 nitrogen and oxygen atoms in total. The molecule has 0 spiro atoms. The molecule has 0 aliphatic heterocycles. The molecule has 0 aliphatic carbocycles. The number of nitrogens with one attached hydrogen (secondary N) is 1. The summed E-state index contributed by atoms with van der Waals surface area (Å²) in [6.07, 6.45) is 3.27. The third-order valence-electron chi connectivity index (χ3n) is 2.17. The van der Waals surface area contributed by atoms with Crippen LogP contribution in [0.5, 0.6) is 0 Å². The molecule has 1 aromatic carbocycles. The van der Waals surface area contributed by atoms with Crippen molar-refractivity contribution in [1.82, 2.24) is 15.3 Å². The van der Waals surface area contributed by atoms with Crippen molar-refractivity contribution in [2.24, 2.45) is 0 Å². The molecule has 2 rings (SSSR count). The minimum atomic E-state index is 0.775. The number of nitrogens with zero attached hydrogens (tertiary/aromatic N) is 2. The number of hydrogen-bond donors (Lipinski definition) is 1. The molecule has 0 radical (unpaired) electrons. The highest BCUT2D eigenvalue weighted by molar-refractivity contribution is 7.99. The molecule has 2 aromatic rings. The van der Waals surface area contributed by atoms with Gasteiger partial charge in [-0.1, -0.05) is 29.4 Å². The van der Waals surface area contributed by atoms with Gasteiger partial charge in [-0.3, -0.25) is 0 Å². The number of aromatic nitrogens is 2. The van der Waals surface area contributed by atoms with Gasteiger partial charge in [0.05, 0.1) is 0 Å². The Morgan fingerprint density at radius 3 is 2.88 bits per heavy atom. The minimum absolute atomic E-state index is 0.775. The van der Waals surface area contributed by atoms with E-state index in [1.807, 2.05) is 31.3 Å². The lowest BCUT2D eigenvalue weighted by Gasteiger charge is -2.06. The van der Waals surface area contributed by atoms with Gasteiger partial charge < -0.3 is 5.32 Å². The Kier molecular flexibility index (Phi) is 4.36. The Bertz CT molecular complexity index is 490. The van der Waals surface area contributed by atoms with E-state index in [-0.39, 0.29) is 0 Å².